The smallest absolute Gasteiger partial charge is 0.340 e. The monoisotopic (exact) mass is 506 g/mol. The summed E-state index contributed by atoms with van der Waals surface area (Å²) in [6.07, 6.45) is -8.42. The number of nitrogens with one attached hydrogen (secondary N) is 1. The van der Waals surface area contributed by atoms with E-state index in [1.165, 1.54) is 35.2 Å². The van der Waals surface area contributed by atoms with Crippen molar-refractivity contribution in [3.8, 4) is 11.1 Å². The van der Waals surface area contributed by atoms with Crippen LogP contribution in [0.25, 0.3) is 11.1 Å². The first-order chi connectivity index (χ1) is 16.9. The van der Waals surface area contributed by atoms with Gasteiger partial charge in [-0.1, -0.05) is 42.5 Å². The molecule has 188 valence electrons. The number of likely N-dealkylation sites (tertiary alicyclic amines) is 1. The lowest BCUT2D eigenvalue weighted by molar-refractivity contribution is -0.139. The molecular formula is C26H20F6N2O2. The van der Waals surface area contributed by atoms with Crippen molar-refractivity contribution >= 4 is 11.8 Å². The van der Waals surface area contributed by atoms with Gasteiger partial charge >= 0.3 is 12.4 Å². The molecule has 36 heavy (non-hydrogen) atoms. The fraction of sp³-hybridized carbons (Fsp3) is 0.231. The quantitative estimate of drug-likeness (QED) is 0.426. The maximum Gasteiger partial charge on any atom is 0.416 e. The Balaban J connectivity index is 1.67. The van der Waals surface area contributed by atoms with Crippen LogP contribution in [0, 0.1) is 0 Å². The molecule has 1 aliphatic heterocycles. The molecule has 3 aromatic carbocycles. The normalized spacial score (nSPS) is 14.7. The summed E-state index contributed by atoms with van der Waals surface area (Å²) < 4.78 is 78.7. The summed E-state index contributed by atoms with van der Waals surface area (Å²) in [5.74, 6) is -1.29. The minimum absolute atomic E-state index is 0.0258. The van der Waals surface area contributed by atoms with Gasteiger partial charge < -0.3 is 10.2 Å². The molecule has 0 radical (unpaired) electrons. The van der Waals surface area contributed by atoms with Crippen molar-refractivity contribution in [2.24, 2.45) is 0 Å². The molecule has 0 aromatic heterocycles. The van der Waals surface area contributed by atoms with Gasteiger partial charge in [0.25, 0.3) is 5.91 Å². The lowest BCUT2D eigenvalue weighted by atomic mass is 9.96. The molecule has 1 fully saturated rings. The molecule has 0 saturated carbocycles. The average Bonchev–Trinajstić information content (AvgIpc) is 2.80. The van der Waals surface area contributed by atoms with E-state index >= 15 is 0 Å². The number of amides is 2. The van der Waals surface area contributed by atoms with Crippen molar-refractivity contribution in [2.75, 3.05) is 13.1 Å². The van der Waals surface area contributed by atoms with E-state index in [0.29, 0.717) is 24.2 Å². The minimum atomic E-state index is -4.64. The number of hydrogen-bond donors (Lipinski definition) is 1. The zero-order valence-corrected chi connectivity index (χ0v) is 18.7. The van der Waals surface area contributed by atoms with Gasteiger partial charge in [-0.3, -0.25) is 9.59 Å². The highest BCUT2D eigenvalue weighted by Crippen LogP contribution is 2.33. The molecule has 1 atom stereocenters. The fourth-order valence-electron chi connectivity index (χ4n) is 3.88. The van der Waals surface area contributed by atoms with E-state index in [1.807, 2.05) is 0 Å². The number of halogens is 6. The van der Waals surface area contributed by atoms with Gasteiger partial charge in [-0.25, -0.2) is 0 Å². The molecule has 0 bridgehead atoms. The molecule has 1 N–H and O–H groups in total. The summed E-state index contributed by atoms with van der Waals surface area (Å²) in [4.78, 5) is 27.8. The lowest BCUT2D eigenvalue weighted by Gasteiger charge is -2.34. The SMILES string of the molecule is O=C(NC(C(=O)N1CCC1)c1cccc(C(F)(F)F)c1)c1ccccc1-c1ccc(C(F)(F)F)cc1. The van der Waals surface area contributed by atoms with Gasteiger partial charge in [0.15, 0.2) is 0 Å². The molecule has 1 heterocycles. The molecule has 4 rings (SSSR count). The number of alkyl halides is 6. The van der Waals surface area contributed by atoms with Gasteiger partial charge in [-0.2, -0.15) is 26.3 Å². The predicted molar refractivity (Wildman–Crippen MR) is 120 cm³/mol. The zero-order chi connectivity index (χ0) is 26.1. The molecule has 1 unspecified atom stereocenters. The van der Waals surface area contributed by atoms with Crippen LogP contribution >= 0.6 is 0 Å². The minimum Gasteiger partial charge on any atom is -0.340 e. The van der Waals surface area contributed by atoms with Crippen molar-refractivity contribution in [1.82, 2.24) is 10.2 Å². The third kappa shape index (κ3) is 5.37. The lowest BCUT2D eigenvalue weighted by Crippen LogP contribution is -2.48. The summed E-state index contributed by atoms with van der Waals surface area (Å²) in [6, 6.07) is 13.2. The second-order valence-electron chi connectivity index (χ2n) is 8.33. The van der Waals surface area contributed by atoms with E-state index in [9.17, 15) is 35.9 Å². The molecule has 2 amide bonds. The van der Waals surface area contributed by atoms with E-state index in [0.717, 1.165) is 36.8 Å². The third-order valence-corrected chi connectivity index (χ3v) is 5.93. The van der Waals surface area contributed by atoms with Crippen LogP contribution in [0.15, 0.2) is 72.8 Å². The van der Waals surface area contributed by atoms with E-state index in [-0.39, 0.29) is 11.1 Å². The number of rotatable bonds is 5. The maximum absolute atomic E-state index is 13.3. The number of carbonyl (C=O) groups is 2. The molecule has 1 saturated heterocycles. The predicted octanol–water partition coefficient (Wildman–Crippen LogP) is 6.09. The Morgan fingerprint density at radius 3 is 2.00 bits per heavy atom. The Morgan fingerprint density at radius 2 is 1.42 bits per heavy atom. The van der Waals surface area contributed by atoms with E-state index in [2.05, 4.69) is 5.32 Å². The van der Waals surface area contributed by atoms with Crippen LogP contribution in [0.1, 0.15) is 39.5 Å². The second-order valence-corrected chi connectivity index (χ2v) is 8.33. The van der Waals surface area contributed by atoms with Crippen molar-refractivity contribution in [3.63, 3.8) is 0 Å². The van der Waals surface area contributed by atoms with Crippen LogP contribution in [0.3, 0.4) is 0 Å². The number of carbonyl (C=O) groups excluding carboxylic acids is 2. The Bertz CT molecular complexity index is 1260. The fourth-order valence-corrected chi connectivity index (χ4v) is 3.88. The third-order valence-electron chi connectivity index (χ3n) is 5.93. The molecule has 0 aliphatic carbocycles. The van der Waals surface area contributed by atoms with Gasteiger partial charge in [0, 0.05) is 18.7 Å². The summed E-state index contributed by atoms with van der Waals surface area (Å²) in [6.45, 7) is 0.846. The molecule has 0 spiro atoms. The van der Waals surface area contributed by atoms with Crippen LogP contribution in [0.4, 0.5) is 26.3 Å². The Labute approximate surface area is 202 Å². The number of nitrogens with zero attached hydrogens (tertiary/aromatic N) is 1. The molecule has 4 nitrogen and oxygen atoms in total. The standard InChI is InChI=1S/C26H20F6N2O2/c27-25(28,29)18-11-9-16(10-12-18)20-7-1-2-8-21(20)23(35)33-22(24(36)34-13-4-14-34)17-5-3-6-19(15-17)26(30,31)32/h1-3,5-12,15,22H,4,13-14H2,(H,33,35). The first kappa shape index (κ1) is 25.3. The Hall–Kier alpha value is -3.82. The van der Waals surface area contributed by atoms with Crippen LogP contribution in [-0.2, 0) is 17.1 Å². The second kappa shape index (κ2) is 9.67. The first-order valence-electron chi connectivity index (χ1n) is 11.0. The largest absolute Gasteiger partial charge is 0.416 e. The van der Waals surface area contributed by atoms with E-state index in [1.54, 1.807) is 12.1 Å². The van der Waals surface area contributed by atoms with Crippen molar-refractivity contribution in [3.05, 3.63) is 95.1 Å². The topological polar surface area (TPSA) is 49.4 Å². The summed E-state index contributed by atoms with van der Waals surface area (Å²) in [5.41, 5.74) is -1.13. The molecular weight excluding hydrogens is 486 g/mol. The zero-order valence-electron chi connectivity index (χ0n) is 18.7. The van der Waals surface area contributed by atoms with Crippen LogP contribution < -0.4 is 5.32 Å². The molecule has 1 aliphatic rings. The Kier molecular flexibility index (Phi) is 6.79. The summed E-state index contributed by atoms with van der Waals surface area (Å²) in [7, 11) is 0. The highest BCUT2D eigenvalue weighted by atomic mass is 19.4. The molecule has 10 heteroatoms. The summed E-state index contributed by atoms with van der Waals surface area (Å²) in [5, 5.41) is 2.55. The van der Waals surface area contributed by atoms with Gasteiger partial charge in [-0.05, 0) is 53.4 Å². The van der Waals surface area contributed by atoms with Crippen molar-refractivity contribution < 1.29 is 35.9 Å². The van der Waals surface area contributed by atoms with Crippen molar-refractivity contribution in [1.29, 1.82) is 0 Å². The van der Waals surface area contributed by atoms with Gasteiger partial charge in [-0.15, -0.1) is 0 Å². The first-order valence-corrected chi connectivity index (χ1v) is 11.0. The number of benzene rings is 3. The van der Waals surface area contributed by atoms with Gasteiger partial charge in [0.1, 0.15) is 6.04 Å². The Morgan fingerprint density at radius 1 is 0.778 bits per heavy atom. The van der Waals surface area contributed by atoms with E-state index in [4.69, 9.17) is 0 Å². The van der Waals surface area contributed by atoms with Crippen LogP contribution in [-0.4, -0.2) is 29.8 Å². The molecule has 3 aromatic rings. The van der Waals surface area contributed by atoms with Crippen LogP contribution in [0.5, 0.6) is 0 Å². The maximum atomic E-state index is 13.3. The van der Waals surface area contributed by atoms with Gasteiger partial charge in [0.2, 0.25) is 5.91 Å². The van der Waals surface area contributed by atoms with E-state index < -0.39 is 41.3 Å². The highest BCUT2D eigenvalue weighted by molar-refractivity contribution is 6.03. The number of hydrogen-bond acceptors (Lipinski definition) is 2. The van der Waals surface area contributed by atoms with Crippen molar-refractivity contribution in [2.45, 2.75) is 24.8 Å². The highest BCUT2D eigenvalue weighted by Gasteiger charge is 2.35. The summed E-state index contributed by atoms with van der Waals surface area (Å²) >= 11 is 0. The van der Waals surface area contributed by atoms with Gasteiger partial charge in [0.05, 0.1) is 11.1 Å². The average molecular weight is 506 g/mol. The van der Waals surface area contributed by atoms with Crippen LogP contribution in [0.2, 0.25) is 0 Å².